The van der Waals surface area contributed by atoms with Crippen LogP contribution in [0.25, 0.3) is 0 Å². The Morgan fingerprint density at radius 2 is 1.55 bits per heavy atom. The van der Waals surface area contributed by atoms with E-state index in [2.05, 4.69) is 20.3 Å². The van der Waals surface area contributed by atoms with Crippen LogP contribution in [0.5, 0.6) is 6.01 Å². The summed E-state index contributed by atoms with van der Waals surface area (Å²) in [5.74, 6) is -0.548. The van der Waals surface area contributed by atoms with Gasteiger partial charge in [0, 0.05) is 14.2 Å². The first-order valence-corrected chi connectivity index (χ1v) is 8.97. The minimum absolute atomic E-state index is 0.109. The molecular formula is C21H22N4O4. The molecule has 0 aliphatic heterocycles. The van der Waals surface area contributed by atoms with Gasteiger partial charge in [0.1, 0.15) is 5.82 Å². The summed E-state index contributed by atoms with van der Waals surface area (Å²) in [7, 11) is 3.11. The molecule has 1 unspecified atom stereocenters. The monoisotopic (exact) mass is 394 g/mol. The average Bonchev–Trinajstić information content (AvgIpc) is 2.75. The molecule has 2 N–H and O–H groups in total. The Labute approximate surface area is 168 Å². The van der Waals surface area contributed by atoms with Crippen LogP contribution in [0, 0.1) is 6.92 Å². The number of rotatable bonds is 8. The van der Waals surface area contributed by atoms with Gasteiger partial charge in [0.05, 0.1) is 0 Å². The van der Waals surface area contributed by atoms with Crippen LogP contribution in [-0.4, -0.2) is 46.3 Å². The van der Waals surface area contributed by atoms with E-state index in [9.17, 15) is 9.90 Å². The van der Waals surface area contributed by atoms with E-state index in [0.717, 1.165) is 0 Å². The van der Waals surface area contributed by atoms with E-state index in [4.69, 9.17) is 9.47 Å². The number of methoxy groups -OCH3 is 1. The molecule has 150 valence electrons. The second kappa shape index (κ2) is 8.66. The number of hydrogen-bond acceptors (Lipinski definition) is 7. The Bertz CT molecular complexity index is 927. The lowest BCUT2D eigenvalue weighted by Gasteiger charge is -2.37. The molecule has 0 saturated carbocycles. The molecule has 8 nitrogen and oxygen atoms in total. The lowest BCUT2D eigenvalue weighted by atomic mass is 9.81. The van der Waals surface area contributed by atoms with Crippen molar-refractivity contribution in [1.82, 2.24) is 15.0 Å². The van der Waals surface area contributed by atoms with Crippen LogP contribution in [-0.2, 0) is 15.1 Å². The normalized spacial score (nSPS) is 12.2. The maximum Gasteiger partial charge on any atom is 0.348 e. The van der Waals surface area contributed by atoms with E-state index in [1.165, 1.54) is 7.11 Å². The summed E-state index contributed by atoms with van der Waals surface area (Å²) in [6, 6.07) is 18.0. The number of ether oxygens (including phenoxy) is 2. The highest BCUT2D eigenvalue weighted by Gasteiger charge is 2.49. The van der Waals surface area contributed by atoms with Crippen molar-refractivity contribution < 1.29 is 19.4 Å². The Balaban J connectivity index is 2.18. The highest BCUT2D eigenvalue weighted by atomic mass is 16.6. The standard InChI is InChI=1S/C21H22N4O4/c1-14-23-19(22-2)25-20(24-14)29-17(18(26)27)21(28-3,15-10-6-4-7-11-15)16-12-8-5-9-13-16/h4-13,17H,1-3H3,(H,26,27)(H,22,23,24,25). The second-order valence-electron chi connectivity index (χ2n) is 6.25. The summed E-state index contributed by atoms with van der Waals surface area (Å²) in [6.07, 6.45) is -1.47. The van der Waals surface area contributed by atoms with Gasteiger partial charge in [-0.3, -0.25) is 0 Å². The van der Waals surface area contributed by atoms with Crippen molar-refractivity contribution in [1.29, 1.82) is 0 Å². The van der Waals surface area contributed by atoms with Gasteiger partial charge in [0.15, 0.2) is 5.60 Å². The fraction of sp³-hybridized carbons (Fsp3) is 0.238. The smallest absolute Gasteiger partial charge is 0.348 e. The number of carboxylic acids is 1. The predicted octanol–water partition coefficient (Wildman–Crippen LogP) is 2.64. The third kappa shape index (κ3) is 4.02. The van der Waals surface area contributed by atoms with Crippen molar-refractivity contribution >= 4 is 11.9 Å². The van der Waals surface area contributed by atoms with E-state index in [0.29, 0.717) is 17.0 Å². The van der Waals surface area contributed by atoms with Gasteiger partial charge in [-0.15, -0.1) is 0 Å². The van der Waals surface area contributed by atoms with Crippen molar-refractivity contribution in [2.24, 2.45) is 0 Å². The number of nitrogens with zero attached hydrogens (tertiary/aromatic N) is 3. The third-order valence-electron chi connectivity index (χ3n) is 4.49. The molecule has 1 aromatic heterocycles. The Kier molecular flexibility index (Phi) is 6.04. The molecule has 2 aromatic carbocycles. The number of aliphatic carboxylic acids is 1. The molecule has 29 heavy (non-hydrogen) atoms. The van der Waals surface area contributed by atoms with E-state index in [1.54, 1.807) is 38.2 Å². The molecule has 8 heteroatoms. The van der Waals surface area contributed by atoms with Gasteiger partial charge >= 0.3 is 12.0 Å². The molecule has 1 heterocycles. The summed E-state index contributed by atoms with van der Waals surface area (Å²) in [5, 5.41) is 12.9. The van der Waals surface area contributed by atoms with Gasteiger partial charge in [0.2, 0.25) is 12.1 Å². The van der Waals surface area contributed by atoms with Crippen LogP contribution < -0.4 is 10.1 Å². The van der Waals surface area contributed by atoms with Crippen LogP contribution >= 0.6 is 0 Å². The third-order valence-corrected chi connectivity index (χ3v) is 4.49. The molecule has 1 atom stereocenters. The number of aryl methyl sites for hydroxylation is 1. The van der Waals surface area contributed by atoms with E-state index in [-0.39, 0.29) is 12.0 Å². The minimum atomic E-state index is -1.47. The molecule has 0 radical (unpaired) electrons. The molecule has 0 amide bonds. The number of benzene rings is 2. The molecular weight excluding hydrogens is 372 g/mol. The molecule has 0 fully saturated rings. The van der Waals surface area contributed by atoms with E-state index < -0.39 is 17.7 Å². The summed E-state index contributed by atoms with van der Waals surface area (Å²) < 4.78 is 11.7. The van der Waals surface area contributed by atoms with Gasteiger partial charge in [-0.2, -0.15) is 15.0 Å². The molecule has 3 aromatic rings. The van der Waals surface area contributed by atoms with Crippen molar-refractivity contribution in [2.45, 2.75) is 18.6 Å². The van der Waals surface area contributed by atoms with Gasteiger partial charge in [-0.25, -0.2) is 4.79 Å². The van der Waals surface area contributed by atoms with Gasteiger partial charge in [-0.1, -0.05) is 60.7 Å². The largest absolute Gasteiger partial charge is 0.478 e. The quantitative estimate of drug-likeness (QED) is 0.601. The van der Waals surface area contributed by atoms with Crippen molar-refractivity contribution in [3.8, 4) is 6.01 Å². The molecule has 0 spiro atoms. The fourth-order valence-corrected chi connectivity index (χ4v) is 3.22. The van der Waals surface area contributed by atoms with E-state index >= 15 is 0 Å². The predicted molar refractivity (Wildman–Crippen MR) is 107 cm³/mol. The molecule has 0 aliphatic rings. The Morgan fingerprint density at radius 1 is 1.00 bits per heavy atom. The Hall–Kier alpha value is -3.52. The molecule has 0 aliphatic carbocycles. The summed E-state index contributed by atoms with van der Waals surface area (Å²) in [6.45, 7) is 1.67. The van der Waals surface area contributed by atoms with E-state index in [1.807, 2.05) is 36.4 Å². The zero-order valence-corrected chi connectivity index (χ0v) is 16.4. The number of anilines is 1. The molecule has 0 saturated heterocycles. The first-order chi connectivity index (χ1) is 14.0. The highest BCUT2D eigenvalue weighted by Crippen LogP contribution is 2.38. The first-order valence-electron chi connectivity index (χ1n) is 8.97. The average molecular weight is 394 g/mol. The Morgan fingerprint density at radius 3 is 2.00 bits per heavy atom. The van der Waals surface area contributed by atoms with Crippen molar-refractivity contribution in [3.63, 3.8) is 0 Å². The fourth-order valence-electron chi connectivity index (χ4n) is 3.22. The van der Waals surface area contributed by atoms with Crippen LogP contribution in [0.4, 0.5) is 5.95 Å². The van der Waals surface area contributed by atoms with Gasteiger partial charge in [-0.05, 0) is 18.1 Å². The maximum atomic E-state index is 12.4. The second-order valence-corrected chi connectivity index (χ2v) is 6.25. The first kappa shape index (κ1) is 20.2. The summed E-state index contributed by atoms with van der Waals surface area (Å²) in [4.78, 5) is 24.8. The summed E-state index contributed by atoms with van der Waals surface area (Å²) in [5.41, 5.74) is -0.184. The maximum absolute atomic E-state index is 12.4. The van der Waals surface area contributed by atoms with Gasteiger partial charge < -0.3 is 19.9 Å². The lowest BCUT2D eigenvalue weighted by Crippen LogP contribution is -2.50. The zero-order chi connectivity index (χ0) is 20.9. The van der Waals surface area contributed by atoms with Crippen LogP contribution in [0.15, 0.2) is 60.7 Å². The molecule has 0 bridgehead atoms. The van der Waals surface area contributed by atoms with Crippen LogP contribution in [0.2, 0.25) is 0 Å². The SMILES string of the molecule is CNc1nc(C)nc(OC(C(=O)O)C(OC)(c2ccccc2)c2ccccc2)n1. The van der Waals surface area contributed by atoms with Gasteiger partial charge in [0.25, 0.3) is 0 Å². The zero-order valence-electron chi connectivity index (χ0n) is 16.4. The summed E-state index contributed by atoms with van der Waals surface area (Å²) >= 11 is 0. The lowest BCUT2D eigenvalue weighted by molar-refractivity contribution is -0.160. The topological polar surface area (TPSA) is 106 Å². The van der Waals surface area contributed by atoms with Crippen molar-refractivity contribution in [2.75, 3.05) is 19.5 Å². The van der Waals surface area contributed by atoms with Crippen LogP contribution in [0.1, 0.15) is 17.0 Å². The number of aromatic nitrogens is 3. The van der Waals surface area contributed by atoms with Crippen molar-refractivity contribution in [3.05, 3.63) is 77.6 Å². The molecule has 3 rings (SSSR count). The number of carboxylic acid groups (broad SMARTS) is 1. The highest BCUT2D eigenvalue weighted by molar-refractivity contribution is 5.76. The minimum Gasteiger partial charge on any atom is -0.478 e. The number of carbonyl (C=O) groups is 1. The number of hydrogen-bond donors (Lipinski definition) is 2. The van der Waals surface area contributed by atoms with Crippen LogP contribution in [0.3, 0.4) is 0 Å². The number of nitrogens with one attached hydrogen (secondary N) is 1.